The fourth-order valence-electron chi connectivity index (χ4n) is 14.8. The van der Waals surface area contributed by atoms with E-state index in [2.05, 4.69) is 110 Å². The van der Waals surface area contributed by atoms with Gasteiger partial charge < -0.3 is 125 Å². The number of carbonyl (C=O) groups is 8. The van der Waals surface area contributed by atoms with Gasteiger partial charge in [0.05, 0.1) is 111 Å². The van der Waals surface area contributed by atoms with Crippen LogP contribution in [0.15, 0.2) is 147 Å². The van der Waals surface area contributed by atoms with Gasteiger partial charge in [-0.1, -0.05) is 6.07 Å². The van der Waals surface area contributed by atoms with Gasteiger partial charge in [-0.15, -0.1) is 0 Å². The minimum absolute atomic E-state index is 0.0103. The van der Waals surface area contributed by atoms with Crippen molar-refractivity contribution in [2.75, 3.05) is 81.3 Å². The molecular weight excluding hydrogens is 1790 g/mol. The molecule has 0 bridgehead atoms. The largest absolute Gasteiger partial charge is 0.493 e. The van der Waals surface area contributed by atoms with Crippen molar-refractivity contribution >= 4 is 120 Å². The molecule has 2 aliphatic heterocycles. The number of aromatic nitrogens is 20. The minimum atomic E-state index is -1.23. The predicted octanol–water partition coefficient (Wildman–Crippen LogP) is 8.07. The highest BCUT2D eigenvalue weighted by molar-refractivity contribution is 6.00. The minimum Gasteiger partial charge on any atom is -0.493 e. The van der Waals surface area contributed by atoms with Crippen LogP contribution < -0.4 is 67.0 Å². The van der Waals surface area contributed by atoms with Gasteiger partial charge in [0.15, 0.2) is 61.6 Å². The number of hydrogen-bond donors (Lipinski definition) is 18. The van der Waals surface area contributed by atoms with Crippen LogP contribution in [0.25, 0.3) is 113 Å². The van der Waals surface area contributed by atoms with E-state index in [4.69, 9.17) is 39.0 Å². The number of hydrogen-bond acceptors (Lipinski definition) is 31. The number of nitrogens with one attached hydrogen (secondary N) is 12. The lowest BCUT2D eigenvalue weighted by molar-refractivity contribution is -0.144. The van der Waals surface area contributed by atoms with Crippen LogP contribution in [0.1, 0.15) is 107 Å². The lowest BCUT2D eigenvalue weighted by atomic mass is 9.93. The third-order valence-electron chi connectivity index (χ3n) is 21.3. The molecule has 0 spiro atoms. The van der Waals surface area contributed by atoms with E-state index in [1.807, 2.05) is 43.9 Å². The SMILES string of the molecule is CCOc1cc(C(=O)C[C@H](CCC(=O)O)C(=O)O)ccc1-c1nc2nc[nH]c2c(=O)[nH]1.CCOc1cc(C(=O)N2CCCCC2C(=O)O)ccc1-c1nc2nc[nH]c2c(=O)[nH]1.CCOc1cc(N2CC[C@@H](C(=O)O)C2)ccc1-c1nc2nc[nH]c2c(=O)[nH]1.CCOc1cc(NCC(=O)O)ccc1-c1nc2nc[nH]c2c(=O)[nH]1.CCOc1cc(NCCC(=O)O)ccc1-c1nc2nc[nH]c2c(=O)[nH]1. The van der Waals surface area contributed by atoms with Gasteiger partial charge in [0.25, 0.3) is 33.7 Å². The van der Waals surface area contributed by atoms with Gasteiger partial charge in [0, 0.05) is 85.4 Å². The number of aromatic amines is 10. The molecule has 2 saturated heterocycles. The highest BCUT2D eigenvalue weighted by Crippen LogP contribution is 2.38. The van der Waals surface area contributed by atoms with Gasteiger partial charge in [0.1, 0.15) is 70.5 Å². The predicted molar refractivity (Wildman–Crippen MR) is 494 cm³/mol. The van der Waals surface area contributed by atoms with Gasteiger partial charge >= 0.3 is 35.8 Å². The van der Waals surface area contributed by atoms with Gasteiger partial charge in [-0.3, -0.25) is 57.5 Å². The summed E-state index contributed by atoms with van der Waals surface area (Å²) < 4.78 is 28.3. The number of ether oxygens (including phenoxy) is 5. The molecule has 18 N–H and O–H groups in total. The fourth-order valence-corrected chi connectivity index (χ4v) is 14.8. The maximum Gasteiger partial charge on any atom is 0.326 e. The number of benzene rings is 5. The average Bonchev–Trinajstić information content (AvgIpc) is 1.77. The van der Waals surface area contributed by atoms with Crippen LogP contribution in [-0.4, -0.2) is 255 Å². The zero-order valence-corrected chi connectivity index (χ0v) is 73.9. The number of H-pyrrole nitrogens is 10. The number of aliphatic carboxylic acids is 6. The zero-order chi connectivity index (χ0) is 97.7. The summed E-state index contributed by atoms with van der Waals surface area (Å²) in [5.74, 6) is -4.51. The van der Waals surface area contributed by atoms with E-state index in [0.717, 1.165) is 24.2 Å². The molecule has 5 aromatic carbocycles. The topological polar surface area (TPSA) is 707 Å². The Labute approximate surface area is 770 Å². The smallest absolute Gasteiger partial charge is 0.326 e. The molecule has 10 aromatic heterocycles. The standard InChI is InChI=1S/C20H21N5O5.C20H20N4O7.C18H19N5O4.C16H17N5O4.C15H15N5O4/c1-2-30-14-9-11(19(27)25-8-4-3-5-13(25)20(28)29)6-7-12(14)16-23-17-15(18(26)24-16)21-10-22-17;1-2-31-14-8-10(13(25)7-11(20(29)30)4-6-15(26)27)3-5-12(14)17-23-18-16(19(28)24-17)21-9-22-18;1-2-27-13-7-11(23-6-5-10(8-23)18(25)26)3-4-12(13)15-21-16-14(17(24)22-15)19-9-20-16;1-2-25-11-7-9(17-6-5-12(22)23)3-4-10(11)14-20-15-13(16(24)21-14)18-8-19-15;1-2-24-10-5-8(16-6-11(21)22)3-4-9(10)13-19-14-12(15(23)20-13)17-7-18-14/h6-7,9-10,13H,2-5,8H2,1H3,(H,28,29)(H2,21,22,23,24,26);3,5,8-9,11H,2,4,6-7H2,1H3,(H,26,27)(H,29,30)(H2,21,22,23,24,28);3-4,7,9-10H,2,5-6,8H2,1H3,(H,25,26)(H2,19,20,21,22,24);3-4,7-8,17H,2,5-6H2,1H3,(H,22,23)(H2,18,19,20,21,24);3-5,7,16H,2,6H2,1H3,(H,21,22)(H2,17,18,19,20,23)/t;11-;10-;;/m.01../s1. The van der Waals surface area contributed by atoms with Crippen molar-refractivity contribution in [2.24, 2.45) is 11.8 Å². The third kappa shape index (κ3) is 23.6. The Bertz CT molecular complexity index is 7310. The fraction of sp³-hybridized carbons (Fsp3) is 0.292. The van der Waals surface area contributed by atoms with Crippen molar-refractivity contribution in [3.05, 3.63) is 186 Å². The number of Topliss-reactive ketones (excluding diaryl/α,β-unsaturated/α-hetero) is 1. The average molecular weight is 1880 g/mol. The van der Waals surface area contributed by atoms with E-state index in [1.165, 1.54) is 48.7 Å². The van der Waals surface area contributed by atoms with E-state index in [0.29, 0.717) is 178 Å². The van der Waals surface area contributed by atoms with E-state index < -0.39 is 59.1 Å². The molecule has 712 valence electrons. The number of amides is 1. The number of likely N-dealkylation sites (tertiary alicyclic amines) is 1. The van der Waals surface area contributed by atoms with Crippen molar-refractivity contribution in [1.29, 1.82) is 0 Å². The maximum absolute atomic E-state index is 13.0. The van der Waals surface area contributed by atoms with Crippen LogP contribution in [0, 0.1) is 11.8 Å². The number of nitrogens with zero attached hydrogens (tertiary/aromatic N) is 12. The van der Waals surface area contributed by atoms with Crippen molar-refractivity contribution in [3.63, 3.8) is 0 Å². The van der Waals surface area contributed by atoms with Crippen LogP contribution in [-0.2, 0) is 28.8 Å². The van der Waals surface area contributed by atoms with Gasteiger partial charge in [0.2, 0.25) is 0 Å². The van der Waals surface area contributed by atoms with E-state index in [9.17, 15) is 77.6 Å². The molecule has 3 atom stereocenters. The Morgan fingerprint density at radius 2 is 0.788 bits per heavy atom. The molecule has 48 heteroatoms. The highest BCUT2D eigenvalue weighted by Gasteiger charge is 2.34. The molecule has 0 radical (unpaired) electrons. The molecule has 15 aromatic rings. The first-order valence-corrected chi connectivity index (χ1v) is 43.0. The third-order valence-corrected chi connectivity index (χ3v) is 21.3. The normalized spacial score (nSPS) is 13.5. The first-order chi connectivity index (χ1) is 66.0. The second kappa shape index (κ2) is 44.4. The number of rotatable bonds is 33. The first kappa shape index (κ1) is 96.8. The second-order valence-electron chi connectivity index (χ2n) is 30.3. The van der Waals surface area contributed by atoms with Crippen LogP contribution in [0.5, 0.6) is 28.7 Å². The molecule has 0 aliphatic carbocycles. The Kier molecular flexibility index (Phi) is 31.4. The number of carboxylic acids is 6. The van der Waals surface area contributed by atoms with Crippen LogP contribution in [0.4, 0.5) is 17.1 Å². The lowest BCUT2D eigenvalue weighted by Crippen LogP contribution is -2.47. The number of ketones is 1. The number of carboxylic acid groups (broad SMARTS) is 6. The number of fused-ring (bicyclic) bond motifs is 5. The Balaban J connectivity index is 0.000000145. The lowest BCUT2D eigenvalue weighted by Gasteiger charge is -2.33. The van der Waals surface area contributed by atoms with Gasteiger partial charge in [-0.2, -0.15) is 0 Å². The van der Waals surface area contributed by atoms with Crippen molar-refractivity contribution in [1.82, 2.24) is 105 Å². The van der Waals surface area contributed by atoms with Crippen molar-refractivity contribution in [2.45, 2.75) is 92.0 Å². The summed E-state index contributed by atoms with van der Waals surface area (Å²) in [6.45, 7) is 12.6. The molecular formula is C89H92N24O24. The van der Waals surface area contributed by atoms with Crippen molar-refractivity contribution < 1.29 is 92.7 Å². The summed E-state index contributed by atoms with van der Waals surface area (Å²) in [6.07, 6.45) is 8.74. The second-order valence-corrected chi connectivity index (χ2v) is 30.3. The summed E-state index contributed by atoms with van der Waals surface area (Å²) >= 11 is 0. The molecule has 12 heterocycles. The zero-order valence-electron chi connectivity index (χ0n) is 73.9. The quantitative estimate of drug-likeness (QED) is 0.0173. The Morgan fingerprint density at radius 3 is 1.16 bits per heavy atom. The number of carbonyl (C=O) groups excluding carboxylic acids is 2. The summed E-state index contributed by atoms with van der Waals surface area (Å²) in [4.78, 5) is 225. The molecule has 0 saturated carbocycles. The molecule has 137 heavy (non-hydrogen) atoms. The summed E-state index contributed by atoms with van der Waals surface area (Å²) in [7, 11) is 0. The monoisotopic (exact) mass is 1880 g/mol. The van der Waals surface area contributed by atoms with E-state index >= 15 is 0 Å². The van der Waals surface area contributed by atoms with Crippen LogP contribution in [0.3, 0.4) is 0 Å². The molecule has 1 unspecified atom stereocenters. The van der Waals surface area contributed by atoms with E-state index in [-0.39, 0.29) is 118 Å². The highest BCUT2D eigenvalue weighted by atomic mass is 16.5. The van der Waals surface area contributed by atoms with Gasteiger partial charge in [-0.25, -0.2) is 54.6 Å². The molecule has 48 nitrogen and oxygen atoms in total. The number of anilines is 3. The van der Waals surface area contributed by atoms with E-state index in [1.54, 1.807) is 74.5 Å². The molecule has 2 aliphatic rings. The number of piperidine rings is 1. The summed E-state index contributed by atoms with van der Waals surface area (Å²) in [5, 5.41) is 60.0. The van der Waals surface area contributed by atoms with Gasteiger partial charge in [-0.05, 0) is 133 Å². The summed E-state index contributed by atoms with van der Waals surface area (Å²) in [5.41, 5.74) is 6.68. The Hall–Kier alpha value is -17.8. The van der Waals surface area contributed by atoms with Crippen LogP contribution in [0.2, 0.25) is 0 Å². The molecule has 2 fully saturated rings. The first-order valence-electron chi connectivity index (χ1n) is 43.0. The van der Waals surface area contributed by atoms with Crippen LogP contribution >= 0.6 is 0 Å². The maximum atomic E-state index is 13.0. The number of imidazole rings is 5. The van der Waals surface area contributed by atoms with Crippen molar-refractivity contribution in [3.8, 4) is 85.7 Å². The molecule has 17 rings (SSSR count). The summed E-state index contributed by atoms with van der Waals surface area (Å²) in [6, 6.07) is 24.3. The molecule has 1 amide bonds. The Morgan fingerprint density at radius 1 is 0.416 bits per heavy atom.